The van der Waals surface area contributed by atoms with Gasteiger partial charge in [0.1, 0.15) is 0 Å². The Morgan fingerprint density at radius 3 is 2.05 bits per heavy atom. The molecule has 0 unspecified atom stereocenters. The van der Waals surface area contributed by atoms with E-state index in [0.29, 0.717) is 18.8 Å². The van der Waals surface area contributed by atoms with E-state index in [2.05, 4.69) is 12.2 Å². The zero-order valence-corrected chi connectivity index (χ0v) is 14.0. The van der Waals surface area contributed by atoms with E-state index >= 15 is 0 Å². The van der Waals surface area contributed by atoms with Crippen LogP contribution in [0.5, 0.6) is 0 Å². The minimum Gasteiger partial charge on any atom is -0.466 e. The molecule has 2 rings (SSSR count). The summed E-state index contributed by atoms with van der Waals surface area (Å²) in [7, 11) is 1.45. The number of hydrogen-bond acceptors (Lipinski definition) is 3. The maximum atomic E-state index is 12.3. The number of ether oxygens (including phenoxy) is 2. The molecule has 0 heterocycles. The molecule has 0 saturated carbocycles. The van der Waals surface area contributed by atoms with Crippen LogP contribution in [0.15, 0.2) is 34.4 Å². The molecule has 22 heavy (non-hydrogen) atoms. The molecule has 3 heteroatoms. The van der Waals surface area contributed by atoms with Crippen molar-refractivity contribution in [3.63, 3.8) is 0 Å². The molecule has 0 aliphatic heterocycles. The van der Waals surface area contributed by atoms with Gasteiger partial charge in [-0.3, -0.25) is 0 Å². The van der Waals surface area contributed by atoms with E-state index in [-0.39, 0.29) is 5.97 Å². The van der Waals surface area contributed by atoms with Crippen LogP contribution in [0.25, 0.3) is 0 Å². The lowest BCUT2D eigenvalue weighted by Gasteiger charge is -2.24. The minimum atomic E-state index is -0.249. The van der Waals surface area contributed by atoms with Gasteiger partial charge in [-0.05, 0) is 75.0 Å². The largest absolute Gasteiger partial charge is 0.466 e. The second-order valence-electron chi connectivity index (χ2n) is 5.93. The Bertz CT molecular complexity index is 455. The first-order valence-corrected chi connectivity index (χ1v) is 8.56. The van der Waals surface area contributed by atoms with Crippen molar-refractivity contribution in [3.05, 3.63) is 34.4 Å². The number of carbonyl (C=O) groups is 1. The van der Waals surface area contributed by atoms with E-state index in [0.717, 1.165) is 31.3 Å². The highest BCUT2D eigenvalue weighted by Crippen LogP contribution is 2.35. The molecule has 0 amide bonds. The lowest BCUT2D eigenvalue weighted by atomic mass is 9.82. The summed E-state index contributed by atoms with van der Waals surface area (Å²) in [5.41, 5.74) is 4.46. The van der Waals surface area contributed by atoms with Crippen molar-refractivity contribution in [2.75, 3.05) is 20.3 Å². The van der Waals surface area contributed by atoms with Crippen molar-refractivity contribution < 1.29 is 14.3 Å². The quantitative estimate of drug-likeness (QED) is 0.535. The third kappa shape index (κ3) is 4.33. The summed E-state index contributed by atoms with van der Waals surface area (Å²) in [5.74, 6) is -0.249. The lowest BCUT2D eigenvalue weighted by molar-refractivity contribution is -0.136. The molecule has 2 aliphatic carbocycles. The molecule has 0 radical (unpaired) electrons. The van der Waals surface area contributed by atoms with Crippen LogP contribution in [0, 0.1) is 0 Å². The normalized spacial score (nSPS) is 18.3. The molecule has 2 aliphatic rings. The topological polar surface area (TPSA) is 35.5 Å². The lowest BCUT2D eigenvalue weighted by Crippen LogP contribution is -2.17. The number of carbonyl (C=O) groups excluding carboxylic acids is 1. The van der Waals surface area contributed by atoms with Gasteiger partial charge in [-0.15, -0.1) is 0 Å². The fourth-order valence-corrected chi connectivity index (χ4v) is 3.28. The summed E-state index contributed by atoms with van der Waals surface area (Å²) in [4.78, 5) is 12.3. The molecule has 0 aromatic rings. The van der Waals surface area contributed by atoms with Crippen LogP contribution >= 0.6 is 0 Å². The van der Waals surface area contributed by atoms with E-state index in [1.54, 1.807) is 0 Å². The highest BCUT2D eigenvalue weighted by molar-refractivity contribution is 5.91. The number of methoxy groups -OCH3 is 1. The average molecular weight is 304 g/mol. The van der Waals surface area contributed by atoms with Gasteiger partial charge in [0.2, 0.25) is 0 Å². The van der Waals surface area contributed by atoms with Crippen molar-refractivity contribution in [3.8, 4) is 0 Å². The van der Waals surface area contributed by atoms with Crippen molar-refractivity contribution in [1.82, 2.24) is 0 Å². The summed E-state index contributed by atoms with van der Waals surface area (Å²) in [5, 5.41) is 0. The summed E-state index contributed by atoms with van der Waals surface area (Å²) < 4.78 is 10.6. The van der Waals surface area contributed by atoms with E-state index in [1.165, 1.54) is 43.9 Å². The first-order chi connectivity index (χ1) is 10.8. The van der Waals surface area contributed by atoms with Gasteiger partial charge in [0.05, 0.1) is 19.3 Å². The van der Waals surface area contributed by atoms with E-state index in [4.69, 9.17) is 9.47 Å². The molecular formula is C19H28O3. The van der Waals surface area contributed by atoms with Gasteiger partial charge < -0.3 is 9.47 Å². The second-order valence-corrected chi connectivity index (χ2v) is 5.93. The molecule has 0 fully saturated rings. The zero-order valence-electron chi connectivity index (χ0n) is 14.0. The van der Waals surface area contributed by atoms with Crippen LogP contribution in [0.2, 0.25) is 0 Å². The van der Waals surface area contributed by atoms with Crippen molar-refractivity contribution in [2.24, 2.45) is 0 Å². The first kappa shape index (κ1) is 17.0. The molecular weight excluding hydrogens is 276 g/mol. The minimum absolute atomic E-state index is 0.249. The Hall–Kier alpha value is -1.35. The maximum absolute atomic E-state index is 12.3. The van der Waals surface area contributed by atoms with Gasteiger partial charge in [0.25, 0.3) is 0 Å². The van der Waals surface area contributed by atoms with Crippen LogP contribution in [0.4, 0.5) is 0 Å². The Balaban J connectivity index is 2.45. The predicted molar refractivity (Wildman–Crippen MR) is 88.6 cm³/mol. The Morgan fingerprint density at radius 2 is 1.64 bits per heavy atom. The smallest absolute Gasteiger partial charge is 0.336 e. The molecule has 0 bridgehead atoms. The fraction of sp³-hybridized carbons (Fsp3) is 0.632. The molecule has 0 N–H and O–H groups in total. The summed E-state index contributed by atoms with van der Waals surface area (Å²) in [6.45, 7) is 2.90. The fourth-order valence-electron chi connectivity index (χ4n) is 3.28. The molecule has 0 spiro atoms. The predicted octanol–water partition coefficient (Wildman–Crippen LogP) is 4.49. The van der Waals surface area contributed by atoms with Gasteiger partial charge in [-0.25, -0.2) is 4.79 Å². The number of esters is 1. The van der Waals surface area contributed by atoms with E-state index in [1.807, 2.05) is 6.92 Å². The third-order valence-electron chi connectivity index (χ3n) is 4.41. The summed E-state index contributed by atoms with van der Waals surface area (Å²) in [6.07, 6.45) is 13.8. The molecule has 0 atom stereocenters. The van der Waals surface area contributed by atoms with Gasteiger partial charge in [-0.2, -0.15) is 0 Å². The van der Waals surface area contributed by atoms with Crippen LogP contribution < -0.4 is 0 Å². The maximum Gasteiger partial charge on any atom is 0.336 e. The summed E-state index contributed by atoms with van der Waals surface area (Å²) >= 11 is 0. The molecule has 0 aromatic carbocycles. The van der Waals surface area contributed by atoms with Gasteiger partial charge in [-0.1, -0.05) is 12.2 Å². The first-order valence-electron chi connectivity index (χ1n) is 8.56. The van der Waals surface area contributed by atoms with Crippen LogP contribution in [-0.4, -0.2) is 26.3 Å². The summed E-state index contributed by atoms with van der Waals surface area (Å²) in [6, 6.07) is 0. The van der Waals surface area contributed by atoms with Crippen molar-refractivity contribution >= 4 is 5.97 Å². The SMILES string of the molecule is CCOCC(C(=O)OC)=C(C1=CCCCC1)C1=CCCCC1. The molecule has 0 aromatic heterocycles. The van der Waals surface area contributed by atoms with Crippen LogP contribution in [0.3, 0.4) is 0 Å². The van der Waals surface area contributed by atoms with E-state index < -0.39 is 0 Å². The van der Waals surface area contributed by atoms with Crippen LogP contribution in [0.1, 0.15) is 58.3 Å². The number of allylic oxidation sites excluding steroid dienone is 5. The monoisotopic (exact) mass is 304 g/mol. The van der Waals surface area contributed by atoms with Crippen LogP contribution in [-0.2, 0) is 14.3 Å². The number of hydrogen-bond donors (Lipinski definition) is 0. The molecule has 3 nitrogen and oxygen atoms in total. The highest BCUT2D eigenvalue weighted by Gasteiger charge is 2.23. The van der Waals surface area contributed by atoms with Crippen molar-refractivity contribution in [2.45, 2.75) is 58.3 Å². The van der Waals surface area contributed by atoms with Gasteiger partial charge >= 0.3 is 5.97 Å². The average Bonchev–Trinajstić information content (AvgIpc) is 2.59. The van der Waals surface area contributed by atoms with E-state index in [9.17, 15) is 4.79 Å². The van der Waals surface area contributed by atoms with Gasteiger partial charge in [0.15, 0.2) is 0 Å². The Labute approximate surface area is 134 Å². The standard InChI is InChI=1S/C19H28O3/c1-3-22-14-17(19(20)21-2)18(15-10-6-4-7-11-15)16-12-8-5-9-13-16/h10,12H,3-9,11,13-14H2,1-2H3. The Kier molecular flexibility index (Phi) is 6.91. The number of rotatable bonds is 6. The molecule has 0 saturated heterocycles. The zero-order chi connectivity index (χ0) is 15.8. The van der Waals surface area contributed by atoms with Crippen molar-refractivity contribution in [1.29, 1.82) is 0 Å². The Morgan fingerprint density at radius 1 is 1.05 bits per heavy atom. The highest BCUT2D eigenvalue weighted by atomic mass is 16.5. The molecule has 122 valence electrons. The second kappa shape index (κ2) is 8.94. The third-order valence-corrected chi connectivity index (χ3v) is 4.41. The van der Waals surface area contributed by atoms with Gasteiger partial charge in [0, 0.05) is 6.61 Å².